The van der Waals surface area contributed by atoms with Gasteiger partial charge in [-0.3, -0.25) is 0 Å². The van der Waals surface area contributed by atoms with Crippen LogP contribution >= 0.6 is 0 Å². The molecule has 0 saturated heterocycles. The van der Waals surface area contributed by atoms with Crippen molar-refractivity contribution in [2.24, 2.45) is 5.73 Å². The van der Waals surface area contributed by atoms with Gasteiger partial charge in [0.2, 0.25) is 0 Å². The summed E-state index contributed by atoms with van der Waals surface area (Å²) in [4.78, 5) is 0. The minimum absolute atomic E-state index is 0.0608. The van der Waals surface area contributed by atoms with E-state index in [1.807, 2.05) is 19.1 Å². The fraction of sp³-hybridized carbons (Fsp3) is 0.500. The minimum atomic E-state index is 0.0608. The van der Waals surface area contributed by atoms with Crippen molar-refractivity contribution in [2.45, 2.75) is 25.5 Å². The van der Waals surface area contributed by atoms with Gasteiger partial charge in [-0.1, -0.05) is 0 Å². The number of nitrogens with one attached hydrogen (secondary N) is 1. The number of hydrogen-bond donors (Lipinski definition) is 3. The Morgan fingerprint density at radius 1 is 1.62 bits per heavy atom. The van der Waals surface area contributed by atoms with Gasteiger partial charge >= 0.3 is 0 Å². The van der Waals surface area contributed by atoms with E-state index in [1.165, 1.54) is 5.56 Å². The summed E-state index contributed by atoms with van der Waals surface area (Å²) < 4.78 is 5.64. The summed E-state index contributed by atoms with van der Waals surface area (Å²) in [6, 6.07) is 6.05. The second-order valence-corrected chi connectivity index (χ2v) is 4.23. The van der Waals surface area contributed by atoms with Crippen LogP contribution in [0.3, 0.4) is 0 Å². The van der Waals surface area contributed by atoms with Gasteiger partial charge in [0, 0.05) is 24.7 Å². The molecule has 1 aromatic rings. The van der Waals surface area contributed by atoms with E-state index in [4.69, 9.17) is 15.6 Å². The Bertz CT molecular complexity index is 368. The first-order valence-electron chi connectivity index (χ1n) is 5.60. The molecule has 2 rings (SSSR count). The quantitative estimate of drug-likeness (QED) is 0.703. The Morgan fingerprint density at radius 2 is 2.44 bits per heavy atom. The lowest BCUT2D eigenvalue weighted by Crippen LogP contribution is -2.24. The van der Waals surface area contributed by atoms with Crippen LogP contribution in [0.5, 0.6) is 5.75 Å². The lowest BCUT2D eigenvalue weighted by molar-refractivity contribution is 0.241. The van der Waals surface area contributed by atoms with Crippen molar-refractivity contribution in [1.82, 2.24) is 0 Å². The SMILES string of the molecule is CC(CO)Nc1ccc2c(c1)CC(CN)O2. The van der Waals surface area contributed by atoms with E-state index in [9.17, 15) is 0 Å². The number of rotatable bonds is 4. The Balaban J connectivity index is 2.10. The van der Waals surface area contributed by atoms with Crippen molar-refractivity contribution in [3.63, 3.8) is 0 Å². The molecule has 0 spiro atoms. The molecule has 0 saturated carbocycles. The second-order valence-electron chi connectivity index (χ2n) is 4.23. The Hall–Kier alpha value is -1.26. The Morgan fingerprint density at radius 3 is 3.12 bits per heavy atom. The monoisotopic (exact) mass is 222 g/mol. The number of aliphatic hydroxyl groups excluding tert-OH is 1. The summed E-state index contributed by atoms with van der Waals surface area (Å²) in [6.07, 6.45) is 0.981. The van der Waals surface area contributed by atoms with E-state index in [0.29, 0.717) is 6.54 Å². The first-order valence-corrected chi connectivity index (χ1v) is 5.60. The molecule has 0 amide bonds. The number of fused-ring (bicyclic) bond motifs is 1. The lowest BCUT2D eigenvalue weighted by atomic mass is 10.1. The summed E-state index contributed by atoms with van der Waals surface area (Å²) in [5.41, 5.74) is 7.78. The molecule has 1 aliphatic rings. The van der Waals surface area contributed by atoms with Crippen molar-refractivity contribution in [3.05, 3.63) is 23.8 Å². The van der Waals surface area contributed by atoms with Gasteiger partial charge in [-0.2, -0.15) is 0 Å². The summed E-state index contributed by atoms with van der Waals surface area (Å²) in [5.74, 6) is 0.928. The molecule has 1 aliphatic heterocycles. The van der Waals surface area contributed by atoms with E-state index >= 15 is 0 Å². The third-order valence-electron chi connectivity index (χ3n) is 2.75. The number of nitrogens with two attached hydrogens (primary N) is 1. The van der Waals surface area contributed by atoms with Gasteiger partial charge in [0.25, 0.3) is 0 Å². The van der Waals surface area contributed by atoms with Crippen LogP contribution in [0.1, 0.15) is 12.5 Å². The smallest absolute Gasteiger partial charge is 0.123 e. The van der Waals surface area contributed by atoms with E-state index in [0.717, 1.165) is 17.9 Å². The molecule has 4 heteroatoms. The maximum Gasteiger partial charge on any atom is 0.123 e. The molecular weight excluding hydrogens is 204 g/mol. The van der Waals surface area contributed by atoms with E-state index < -0.39 is 0 Å². The molecule has 16 heavy (non-hydrogen) atoms. The van der Waals surface area contributed by atoms with Gasteiger partial charge in [0.1, 0.15) is 11.9 Å². The Kier molecular flexibility index (Phi) is 3.31. The molecule has 1 heterocycles. The molecule has 0 bridgehead atoms. The highest BCUT2D eigenvalue weighted by atomic mass is 16.5. The molecule has 0 radical (unpaired) electrons. The maximum atomic E-state index is 8.97. The predicted molar refractivity (Wildman–Crippen MR) is 63.8 cm³/mol. The molecule has 0 aromatic heterocycles. The zero-order valence-electron chi connectivity index (χ0n) is 9.44. The van der Waals surface area contributed by atoms with Crippen LogP contribution in [0.4, 0.5) is 5.69 Å². The van der Waals surface area contributed by atoms with E-state index in [1.54, 1.807) is 0 Å². The van der Waals surface area contributed by atoms with Gasteiger partial charge in [-0.15, -0.1) is 0 Å². The van der Waals surface area contributed by atoms with Gasteiger partial charge in [-0.25, -0.2) is 0 Å². The van der Waals surface area contributed by atoms with Gasteiger partial charge in [0.15, 0.2) is 0 Å². The van der Waals surface area contributed by atoms with Crippen LogP contribution in [-0.4, -0.2) is 30.4 Å². The van der Waals surface area contributed by atoms with Gasteiger partial charge in [0.05, 0.1) is 6.61 Å². The molecule has 0 aliphatic carbocycles. The first-order chi connectivity index (χ1) is 7.72. The number of anilines is 1. The summed E-state index contributed by atoms with van der Waals surface area (Å²) in [6.45, 7) is 2.61. The molecule has 2 atom stereocenters. The maximum absolute atomic E-state index is 8.97. The van der Waals surface area contributed by atoms with Crippen LogP contribution in [0, 0.1) is 0 Å². The van der Waals surface area contributed by atoms with Crippen molar-refractivity contribution >= 4 is 5.69 Å². The van der Waals surface area contributed by atoms with E-state index in [-0.39, 0.29) is 18.8 Å². The molecule has 4 nitrogen and oxygen atoms in total. The fourth-order valence-electron chi connectivity index (χ4n) is 1.87. The van der Waals surface area contributed by atoms with Crippen LogP contribution in [0.25, 0.3) is 0 Å². The lowest BCUT2D eigenvalue weighted by Gasteiger charge is -2.12. The third-order valence-corrected chi connectivity index (χ3v) is 2.75. The van der Waals surface area contributed by atoms with Crippen LogP contribution in [0.2, 0.25) is 0 Å². The minimum Gasteiger partial charge on any atom is -0.488 e. The molecule has 88 valence electrons. The average Bonchev–Trinajstić information content (AvgIpc) is 2.71. The third kappa shape index (κ3) is 2.28. The van der Waals surface area contributed by atoms with Gasteiger partial charge in [-0.05, 0) is 30.7 Å². The predicted octanol–water partition coefficient (Wildman–Crippen LogP) is 0.741. The summed E-state index contributed by atoms with van der Waals surface area (Å²) in [7, 11) is 0. The van der Waals surface area contributed by atoms with Gasteiger partial charge < -0.3 is 20.9 Å². The topological polar surface area (TPSA) is 67.5 Å². The highest BCUT2D eigenvalue weighted by Crippen LogP contribution is 2.30. The molecule has 0 fully saturated rings. The normalized spacial score (nSPS) is 20.1. The molecule has 1 aromatic carbocycles. The second kappa shape index (κ2) is 4.72. The average molecular weight is 222 g/mol. The molecule has 4 N–H and O–H groups in total. The highest BCUT2D eigenvalue weighted by Gasteiger charge is 2.21. The number of hydrogen-bond acceptors (Lipinski definition) is 4. The largest absolute Gasteiger partial charge is 0.488 e. The summed E-state index contributed by atoms with van der Waals surface area (Å²) >= 11 is 0. The van der Waals surface area contributed by atoms with Crippen molar-refractivity contribution < 1.29 is 9.84 Å². The fourth-order valence-corrected chi connectivity index (χ4v) is 1.87. The first kappa shape index (κ1) is 11.2. The van der Waals surface area contributed by atoms with Crippen LogP contribution in [0.15, 0.2) is 18.2 Å². The van der Waals surface area contributed by atoms with Crippen molar-refractivity contribution in [1.29, 1.82) is 0 Å². The van der Waals surface area contributed by atoms with Crippen LogP contribution < -0.4 is 15.8 Å². The highest BCUT2D eigenvalue weighted by molar-refractivity contribution is 5.53. The van der Waals surface area contributed by atoms with Crippen LogP contribution in [-0.2, 0) is 6.42 Å². The van der Waals surface area contributed by atoms with Crippen molar-refractivity contribution in [3.8, 4) is 5.75 Å². The summed E-state index contributed by atoms with van der Waals surface area (Å²) in [5, 5.41) is 12.2. The molecular formula is C12H18N2O2. The zero-order valence-corrected chi connectivity index (χ0v) is 9.44. The molecule has 2 unspecified atom stereocenters. The number of aliphatic hydroxyl groups is 1. The van der Waals surface area contributed by atoms with E-state index in [2.05, 4.69) is 11.4 Å². The number of benzene rings is 1. The standard InChI is InChI=1S/C12H18N2O2/c1-8(7-15)14-10-2-3-12-9(4-10)5-11(6-13)16-12/h2-4,8,11,14-15H,5-7,13H2,1H3. The zero-order chi connectivity index (χ0) is 11.5. The number of ether oxygens (including phenoxy) is 1. The van der Waals surface area contributed by atoms with Crippen molar-refractivity contribution in [2.75, 3.05) is 18.5 Å². The Labute approximate surface area is 95.4 Å².